The SMILES string of the molecule is CCN(CC)c1ccc2cc(C(=O)N3C[C@H](N=C(N)N)C[C@H]3C(=O)N3CC(N=C(N)N)C[C@H]3C(=O)N3C[C@H](N=C(N)N)C[C@H]3C(=O)N3C[C@H](N=C(N)N)C[C@H]3C(=O)N3C[C@H](N=C(N)N)C[C@H]3C(=O)N3C[C@H](N=C(N)N)C[C@H]3C(=O)N3C[C@H](N=C(N)N)C[C@H]3C(=O)N3CCC[C@H]3C(=O)O)c(=O)oc2c1. The van der Waals surface area contributed by atoms with E-state index in [1.54, 1.807) is 12.1 Å². The second-order valence-electron chi connectivity index (χ2n) is 27.0. The average molecular weight is 1440 g/mol. The molecule has 42 heteroatoms. The highest BCUT2D eigenvalue weighted by Gasteiger charge is 2.57. The number of aliphatic carboxylic acids is 1. The Kier molecular flexibility index (Phi) is 21.8. The first-order valence-corrected chi connectivity index (χ1v) is 33.8. The van der Waals surface area contributed by atoms with Crippen molar-refractivity contribution in [1.82, 2.24) is 39.2 Å². The van der Waals surface area contributed by atoms with E-state index in [0.717, 1.165) is 10.6 Å². The van der Waals surface area contributed by atoms with Crippen molar-refractivity contribution in [2.24, 2.45) is 115 Å². The van der Waals surface area contributed by atoms with Gasteiger partial charge in [-0.25, -0.2) is 44.5 Å². The van der Waals surface area contributed by atoms with Gasteiger partial charge in [-0.05, 0) is 44.9 Å². The molecule has 8 amide bonds. The number of nitrogens with zero attached hydrogens (tertiary/aromatic N) is 16. The van der Waals surface area contributed by atoms with Crippen LogP contribution in [0, 0.1) is 0 Å². The molecule has 2 aromatic rings. The van der Waals surface area contributed by atoms with Gasteiger partial charge in [0.2, 0.25) is 41.4 Å². The lowest BCUT2D eigenvalue weighted by atomic mass is 10.1. The molecule has 8 aliphatic rings. The summed E-state index contributed by atoms with van der Waals surface area (Å²) >= 11 is 0. The first-order valence-electron chi connectivity index (χ1n) is 33.8. The molecule has 9 heterocycles. The van der Waals surface area contributed by atoms with Crippen LogP contribution in [0.3, 0.4) is 0 Å². The summed E-state index contributed by atoms with van der Waals surface area (Å²) in [5.41, 5.74) is 82.1. The third-order valence-corrected chi connectivity index (χ3v) is 20.1. The van der Waals surface area contributed by atoms with E-state index in [1.807, 2.05) is 24.8 Å². The van der Waals surface area contributed by atoms with E-state index in [2.05, 4.69) is 34.9 Å². The van der Waals surface area contributed by atoms with E-state index >= 15 is 28.8 Å². The number of hydrogen-bond donors (Lipinski definition) is 15. The van der Waals surface area contributed by atoms with Crippen molar-refractivity contribution in [2.75, 3.05) is 70.3 Å². The minimum absolute atomic E-state index is 0.0909. The fourth-order valence-corrected chi connectivity index (χ4v) is 16.0. The zero-order valence-electron chi connectivity index (χ0n) is 57.1. The summed E-state index contributed by atoms with van der Waals surface area (Å²) in [5, 5.41) is 10.5. The number of carboxylic acid groups (broad SMARTS) is 1. The van der Waals surface area contributed by atoms with Crippen LogP contribution in [-0.4, -0.2) is 295 Å². The molecule has 0 saturated carbocycles. The zero-order valence-corrected chi connectivity index (χ0v) is 57.1. The maximum atomic E-state index is 15.9. The van der Waals surface area contributed by atoms with Gasteiger partial charge in [-0.2, -0.15) is 0 Å². The van der Waals surface area contributed by atoms with E-state index in [0.29, 0.717) is 24.9 Å². The second-order valence-corrected chi connectivity index (χ2v) is 27.0. The van der Waals surface area contributed by atoms with Crippen LogP contribution < -0.4 is 90.8 Å². The van der Waals surface area contributed by atoms with Crippen molar-refractivity contribution in [3.63, 3.8) is 0 Å². The first kappa shape index (κ1) is 74.1. The standard InChI is InChI=1S/C61H92N30O12/c1-3-83(4-2)34-8-7-26-10-35(54(102)103-44(26)18-34)45(92)85-19-27(76-55(62)63)12-38(85)47(94)87-21-29(78-57(66)67)14-40(87)49(96)89-23-31(80-59(70)71)16-42(89)51(98)91-25-33(82-61(74)75)17-43(91)52(99)90-24-32(81-60(72)73)15-41(90)50(97)88-22-30(79-58(68)69)13-39(88)48(95)86-20-28(77-56(64)65)11-37(86)46(93)84-9-5-6-36(84)53(100)101/h7-8,10,18,27-33,36-43H,3-6,9,11-17,19-25H2,1-2H3,(H,100,101)(H4,62,63,76)(H4,64,65,77)(H4,66,67,78)(H4,68,69,79)(H4,70,71,80)(H4,72,73,81)(H4,74,75,82)/t27-,28-,29?,30-,31-,32-,33-,36+,37+,38+,39+,40+,41+,42+,43+/m1/s1. The molecule has 29 N–H and O–H groups in total. The Balaban J connectivity index is 0.962. The van der Waals surface area contributed by atoms with Crippen LogP contribution in [0.1, 0.15) is 82.0 Å². The predicted molar refractivity (Wildman–Crippen MR) is 376 cm³/mol. The number of nitrogens with two attached hydrogens (primary N) is 14. The zero-order chi connectivity index (χ0) is 74.9. The van der Waals surface area contributed by atoms with Crippen LogP contribution in [0.4, 0.5) is 5.69 Å². The lowest BCUT2D eigenvalue weighted by Gasteiger charge is -2.37. The molecule has 42 nitrogen and oxygen atoms in total. The maximum Gasteiger partial charge on any atom is 0.349 e. The Morgan fingerprint density at radius 1 is 0.408 bits per heavy atom. The molecule has 15 atom stereocenters. The molecular formula is C61H92N30O12. The Hall–Kier alpha value is -11.7. The molecule has 0 radical (unpaired) electrons. The van der Waals surface area contributed by atoms with Crippen molar-refractivity contribution in [3.05, 3.63) is 40.2 Å². The number of amides is 8. The van der Waals surface area contributed by atoms with E-state index in [-0.39, 0.29) is 133 Å². The molecule has 1 aromatic carbocycles. The fourth-order valence-electron chi connectivity index (χ4n) is 16.0. The average Bonchev–Trinajstić information content (AvgIpc) is 1.68. The summed E-state index contributed by atoms with van der Waals surface area (Å²) < 4.78 is 5.74. The molecule has 8 saturated heterocycles. The molecule has 1 aromatic heterocycles. The molecule has 0 aliphatic carbocycles. The van der Waals surface area contributed by atoms with Gasteiger partial charge >= 0.3 is 11.6 Å². The molecule has 8 aliphatic heterocycles. The predicted octanol–water partition coefficient (Wildman–Crippen LogP) is -9.97. The molecule has 0 bridgehead atoms. The van der Waals surface area contributed by atoms with Gasteiger partial charge < -0.3 is 134 Å². The minimum atomic E-state index is -1.52. The van der Waals surface area contributed by atoms with Gasteiger partial charge in [0.05, 0.1) is 42.3 Å². The number of likely N-dealkylation sites (tertiary alicyclic amines) is 8. The monoisotopic (exact) mass is 1440 g/mol. The molecule has 8 fully saturated rings. The van der Waals surface area contributed by atoms with E-state index in [1.165, 1.54) is 40.4 Å². The quantitative estimate of drug-likeness (QED) is 0.0353. The Morgan fingerprint density at radius 2 is 0.680 bits per heavy atom. The molecule has 0 spiro atoms. The number of fused-ring (bicyclic) bond motifs is 1. The number of carboxylic acids is 1. The number of carbonyl (C=O) groups is 9. The van der Waals surface area contributed by atoms with Gasteiger partial charge in [0, 0.05) is 128 Å². The van der Waals surface area contributed by atoms with Crippen molar-refractivity contribution >= 4 is 112 Å². The summed E-state index contributed by atoms with van der Waals surface area (Å²) in [5.74, 6) is -10.4. The molecule has 10 rings (SSSR count). The van der Waals surface area contributed by atoms with Crippen LogP contribution in [0.15, 0.2) is 68.4 Å². The van der Waals surface area contributed by atoms with Crippen molar-refractivity contribution in [2.45, 2.75) is 162 Å². The number of benzene rings is 1. The Morgan fingerprint density at radius 3 is 0.951 bits per heavy atom. The van der Waals surface area contributed by atoms with Gasteiger partial charge in [0.15, 0.2) is 41.7 Å². The lowest BCUT2D eigenvalue weighted by Crippen LogP contribution is -2.59. The summed E-state index contributed by atoms with van der Waals surface area (Å²) in [7, 11) is 0. The van der Waals surface area contributed by atoms with Crippen LogP contribution in [0.25, 0.3) is 11.0 Å². The minimum Gasteiger partial charge on any atom is -0.480 e. The van der Waals surface area contributed by atoms with Crippen LogP contribution in [0.5, 0.6) is 0 Å². The highest BCUT2D eigenvalue weighted by atomic mass is 16.4. The van der Waals surface area contributed by atoms with E-state index in [9.17, 15) is 24.3 Å². The first-order chi connectivity index (χ1) is 48.7. The van der Waals surface area contributed by atoms with Crippen LogP contribution >= 0.6 is 0 Å². The summed E-state index contributed by atoms with van der Waals surface area (Å²) in [6.45, 7) is 3.26. The highest BCUT2D eigenvalue weighted by molar-refractivity contribution is 6.03. The number of guanidine groups is 7. The normalized spacial score (nSPS) is 28.0. The second kappa shape index (κ2) is 30.3. The maximum absolute atomic E-state index is 15.9. The summed E-state index contributed by atoms with van der Waals surface area (Å²) in [4.78, 5) is 191. The third kappa shape index (κ3) is 15.8. The lowest BCUT2D eigenvalue weighted by molar-refractivity contribution is -0.155. The molecule has 1 unspecified atom stereocenters. The number of hydrogen-bond acceptors (Lipinski definition) is 19. The molecule has 558 valence electrons. The number of rotatable bonds is 19. The summed E-state index contributed by atoms with van der Waals surface area (Å²) in [6, 6.07) is -11.2. The van der Waals surface area contributed by atoms with E-state index < -0.39 is 173 Å². The fraction of sp³-hybridized carbons (Fsp3) is 0.590. The molecule has 103 heavy (non-hydrogen) atoms. The van der Waals surface area contributed by atoms with Crippen molar-refractivity contribution in [1.29, 1.82) is 0 Å². The Bertz CT molecular complexity index is 3960. The largest absolute Gasteiger partial charge is 0.480 e. The van der Waals surface area contributed by atoms with Gasteiger partial charge in [-0.1, -0.05) is 0 Å². The van der Waals surface area contributed by atoms with Gasteiger partial charge in [0.1, 0.15) is 59.5 Å². The smallest absolute Gasteiger partial charge is 0.349 e. The van der Waals surface area contributed by atoms with Crippen molar-refractivity contribution < 1.29 is 52.7 Å². The van der Waals surface area contributed by atoms with Gasteiger partial charge in [-0.15, -0.1) is 0 Å². The molecular weight excluding hydrogens is 1340 g/mol. The van der Waals surface area contributed by atoms with Gasteiger partial charge in [-0.3, -0.25) is 38.4 Å². The number of anilines is 1. The number of carbonyl (C=O) groups excluding carboxylic acids is 8. The highest BCUT2D eigenvalue weighted by Crippen LogP contribution is 2.38. The topological polar surface area (TPSA) is 684 Å². The van der Waals surface area contributed by atoms with Crippen LogP contribution in [0.2, 0.25) is 0 Å². The Labute approximate surface area is 589 Å². The van der Waals surface area contributed by atoms with Crippen molar-refractivity contribution in [3.8, 4) is 0 Å². The number of aliphatic imine (C=N–C) groups is 7. The van der Waals surface area contributed by atoms with Crippen LogP contribution in [-0.2, 0) is 38.4 Å². The van der Waals surface area contributed by atoms with E-state index in [4.69, 9.17) is 84.7 Å². The third-order valence-electron chi connectivity index (χ3n) is 20.1. The van der Waals surface area contributed by atoms with Gasteiger partial charge in [0.25, 0.3) is 5.91 Å². The summed E-state index contributed by atoms with van der Waals surface area (Å²) in [6.07, 6.45) is -0.927.